The van der Waals surface area contributed by atoms with Gasteiger partial charge >= 0.3 is 0 Å². The van der Waals surface area contributed by atoms with Gasteiger partial charge < -0.3 is 14.8 Å². The first-order valence-corrected chi connectivity index (χ1v) is 10.4. The van der Waals surface area contributed by atoms with Gasteiger partial charge in [0.15, 0.2) is 16.6 Å². The normalized spacial score (nSPS) is 11.2. The molecule has 10 heteroatoms. The number of carbonyl (C=O) groups is 1. The summed E-state index contributed by atoms with van der Waals surface area (Å²) in [5.41, 5.74) is 1.59. The molecule has 3 rings (SSSR count). The van der Waals surface area contributed by atoms with E-state index in [1.165, 1.54) is 14.2 Å². The van der Waals surface area contributed by atoms with Gasteiger partial charge in [-0.2, -0.15) is 0 Å². The minimum atomic E-state index is -3.41. The largest absolute Gasteiger partial charge is 0.493 e. The van der Waals surface area contributed by atoms with Crippen LogP contribution < -0.4 is 19.5 Å². The third-order valence-electron chi connectivity index (χ3n) is 3.56. The summed E-state index contributed by atoms with van der Waals surface area (Å²) in [4.78, 5) is 16.7. The molecule has 0 bridgehead atoms. The van der Waals surface area contributed by atoms with Crippen molar-refractivity contribution in [3.05, 3.63) is 42.0 Å². The first kappa shape index (κ1) is 18.9. The van der Waals surface area contributed by atoms with E-state index in [2.05, 4.69) is 15.0 Å². The van der Waals surface area contributed by atoms with Crippen LogP contribution >= 0.6 is 11.3 Å². The van der Waals surface area contributed by atoms with Gasteiger partial charge in [0.1, 0.15) is 0 Å². The minimum absolute atomic E-state index is 0.255. The van der Waals surface area contributed by atoms with E-state index in [1.54, 1.807) is 36.4 Å². The maximum absolute atomic E-state index is 12.5. The van der Waals surface area contributed by atoms with Gasteiger partial charge in [-0.05, 0) is 30.3 Å². The summed E-state index contributed by atoms with van der Waals surface area (Å²) in [5, 5.41) is 3.05. The van der Waals surface area contributed by atoms with Crippen LogP contribution in [0.25, 0.3) is 10.2 Å². The van der Waals surface area contributed by atoms with Gasteiger partial charge in [-0.1, -0.05) is 11.3 Å². The number of aromatic nitrogens is 1. The molecule has 142 valence electrons. The van der Waals surface area contributed by atoms with Crippen LogP contribution in [0, 0.1) is 0 Å². The topological polar surface area (TPSA) is 107 Å². The van der Waals surface area contributed by atoms with Crippen LogP contribution in [0.15, 0.2) is 36.4 Å². The van der Waals surface area contributed by atoms with Crippen LogP contribution in [-0.2, 0) is 10.0 Å². The summed E-state index contributed by atoms with van der Waals surface area (Å²) in [5.74, 6) is 0.757. The van der Waals surface area contributed by atoms with Crippen LogP contribution in [0.5, 0.6) is 11.5 Å². The van der Waals surface area contributed by atoms with Crippen molar-refractivity contribution in [2.75, 3.05) is 30.5 Å². The highest BCUT2D eigenvalue weighted by Crippen LogP contribution is 2.31. The summed E-state index contributed by atoms with van der Waals surface area (Å²) >= 11 is 1.16. The lowest BCUT2D eigenvalue weighted by Gasteiger charge is -2.10. The molecule has 1 heterocycles. The van der Waals surface area contributed by atoms with E-state index >= 15 is 0 Å². The molecular weight excluding hydrogens is 390 g/mol. The lowest BCUT2D eigenvalue weighted by atomic mass is 10.2. The summed E-state index contributed by atoms with van der Waals surface area (Å²) < 4.78 is 36.1. The van der Waals surface area contributed by atoms with Crippen LogP contribution in [0.4, 0.5) is 10.8 Å². The van der Waals surface area contributed by atoms with E-state index < -0.39 is 10.0 Å². The second-order valence-corrected chi connectivity index (χ2v) is 8.38. The third kappa shape index (κ3) is 4.47. The molecule has 0 fully saturated rings. The average Bonchev–Trinajstić information content (AvgIpc) is 3.00. The Morgan fingerprint density at radius 1 is 1.07 bits per heavy atom. The number of methoxy groups -OCH3 is 2. The fraction of sp³-hybridized carbons (Fsp3) is 0.176. The summed E-state index contributed by atoms with van der Waals surface area (Å²) in [6.07, 6.45) is 1.06. The van der Waals surface area contributed by atoms with Crippen molar-refractivity contribution in [3.63, 3.8) is 0 Å². The van der Waals surface area contributed by atoms with Gasteiger partial charge in [-0.15, -0.1) is 0 Å². The second-order valence-electron chi connectivity index (χ2n) is 5.60. The Balaban J connectivity index is 1.83. The van der Waals surface area contributed by atoms with Crippen LogP contribution in [0.2, 0.25) is 0 Å². The van der Waals surface area contributed by atoms with Gasteiger partial charge in [-0.25, -0.2) is 13.4 Å². The Labute approximate surface area is 160 Å². The fourth-order valence-electron chi connectivity index (χ4n) is 2.39. The van der Waals surface area contributed by atoms with Crippen molar-refractivity contribution in [1.82, 2.24) is 4.98 Å². The zero-order valence-corrected chi connectivity index (χ0v) is 16.4. The molecule has 0 saturated carbocycles. The maximum Gasteiger partial charge on any atom is 0.255 e. The molecule has 0 aliphatic rings. The number of amides is 1. The number of rotatable bonds is 6. The van der Waals surface area contributed by atoms with Crippen molar-refractivity contribution in [1.29, 1.82) is 0 Å². The summed E-state index contributed by atoms with van der Waals surface area (Å²) in [6, 6.07) is 10.0. The molecule has 3 aromatic rings. The number of hydrogen-bond acceptors (Lipinski definition) is 7. The highest BCUT2D eigenvalue weighted by Gasteiger charge is 2.13. The number of fused-ring (bicyclic) bond motifs is 1. The molecule has 2 aromatic carbocycles. The summed E-state index contributed by atoms with van der Waals surface area (Å²) in [6.45, 7) is 0. The predicted octanol–water partition coefficient (Wildman–Crippen LogP) is 2.94. The molecule has 8 nitrogen and oxygen atoms in total. The molecule has 1 amide bonds. The van der Waals surface area contributed by atoms with E-state index in [0.717, 1.165) is 17.6 Å². The lowest BCUT2D eigenvalue weighted by Crippen LogP contribution is -2.11. The molecule has 0 aliphatic carbocycles. The summed E-state index contributed by atoms with van der Waals surface area (Å²) in [7, 11) is -0.356. The zero-order valence-electron chi connectivity index (χ0n) is 14.8. The molecule has 0 radical (unpaired) electrons. The number of anilines is 2. The van der Waals surface area contributed by atoms with Gasteiger partial charge in [0, 0.05) is 17.3 Å². The number of benzene rings is 2. The minimum Gasteiger partial charge on any atom is -0.493 e. The SMILES string of the molecule is COc1ccc(NC(=O)c2ccc3nc(NS(C)(=O)=O)sc3c2)cc1OC. The highest BCUT2D eigenvalue weighted by molar-refractivity contribution is 7.92. The standard InChI is InChI=1S/C17H17N3O5S2/c1-24-13-7-5-11(9-14(13)25-2)18-16(21)10-4-6-12-15(8-10)26-17(19-12)20-27(3,22)23/h4-9H,1-3H3,(H,18,21)(H,19,20). The van der Waals surface area contributed by atoms with E-state index in [9.17, 15) is 13.2 Å². The maximum atomic E-state index is 12.5. The predicted molar refractivity (Wildman–Crippen MR) is 106 cm³/mol. The van der Waals surface area contributed by atoms with Crippen molar-refractivity contribution >= 4 is 48.3 Å². The third-order valence-corrected chi connectivity index (χ3v) is 5.19. The first-order chi connectivity index (χ1) is 12.8. The molecule has 0 atom stereocenters. The van der Waals surface area contributed by atoms with Crippen LogP contribution in [-0.4, -0.2) is 39.8 Å². The highest BCUT2D eigenvalue weighted by atomic mass is 32.2. The van der Waals surface area contributed by atoms with Crippen LogP contribution in [0.1, 0.15) is 10.4 Å². The van der Waals surface area contributed by atoms with E-state index in [4.69, 9.17) is 9.47 Å². The van der Waals surface area contributed by atoms with Gasteiger partial charge in [0.05, 0.1) is 30.7 Å². The molecule has 2 N–H and O–H groups in total. The molecular formula is C17H17N3O5S2. The average molecular weight is 407 g/mol. The van der Waals surface area contributed by atoms with Gasteiger partial charge in [0.25, 0.3) is 5.91 Å². The molecule has 1 aromatic heterocycles. The molecule has 0 unspecified atom stereocenters. The smallest absolute Gasteiger partial charge is 0.255 e. The fourth-order valence-corrected chi connectivity index (χ4v) is 4.13. The Kier molecular flexibility index (Phi) is 5.19. The first-order valence-electron chi connectivity index (χ1n) is 7.71. The Morgan fingerprint density at radius 2 is 1.81 bits per heavy atom. The quantitative estimate of drug-likeness (QED) is 0.651. The Morgan fingerprint density at radius 3 is 2.48 bits per heavy atom. The van der Waals surface area contributed by atoms with Gasteiger partial charge in [0.2, 0.25) is 10.0 Å². The lowest BCUT2D eigenvalue weighted by molar-refractivity contribution is 0.102. The van der Waals surface area contributed by atoms with Crippen molar-refractivity contribution in [2.24, 2.45) is 0 Å². The van der Waals surface area contributed by atoms with Gasteiger partial charge in [-0.3, -0.25) is 9.52 Å². The molecule has 0 aliphatic heterocycles. The molecule has 0 spiro atoms. The van der Waals surface area contributed by atoms with E-state index in [0.29, 0.717) is 33.0 Å². The number of ether oxygens (including phenoxy) is 2. The van der Waals surface area contributed by atoms with E-state index in [-0.39, 0.29) is 11.0 Å². The number of hydrogen-bond donors (Lipinski definition) is 2. The number of carbonyl (C=O) groups excluding carboxylic acids is 1. The number of sulfonamides is 1. The zero-order chi connectivity index (χ0) is 19.6. The Hall–Kier alpha value is -2.85. The monoisotopic (exact) mass is 407 g/mol. The van der Waals surface area contributed by atoms with Crippen molar-refractivity contribution in [2.45, 2.75) is 0 Å². The number of nitrogens with zero attached hydrogens (tertiary/aromatic N) is 1. The van der Waals surface area contributed by atoms with Crippen molar-refractivity contribution in [3.8, 4) is 11.5 Å². The number of nitrogens with one attached hydrogen (secondary N) is 2. The van der Waals surface area contributed by atoms with Crippen LogP contribution in [0.3, 0.4) is 0 Å². The van der Waals surface area contributed by atoms with E-state index in [1.807, 2.05) is 0 Å². The van der Waals surface area contributed by atoms with Crippen molar-refractivity contribution < 1.29 is 22.7 Å². The Bertz CT molecular complexity index is 1110. The second kappa shape index (κ2) is 7.41. The molecule has 27 heavy (non-hydrogen) atoms. The molecule has 0 saturated heterocycles. The number of thiazole rings is 1.